The molecule has 0 saturated carbocycles. The molecule has 18 heavy (non-hydrogen) atoms. The Bertz CT molecular complexity index is 409. The van der Waals surface area contributed by atoms with Gasteiger partial charge in [-0.15, -0.1) is 0 Å². The Morgan fingerprint density at radius 2 is 2.00 bits per heavy atom. The van der Waals surface area contributed by atoms with Crippen LogP contribution in [-0.4, -0.2) is 24.4 Å². The van der Waals surface area contributed by atoms with Gasteiger partial charge in [-0.25, -0.2) is 4.39 Å². The van der Waals surface area contributed by atoms with Crippen molar-refractivity contribution >= 4 is 0 Å². The molecule has 1 aromatic rings. The lowest BCUT2D eigenvalue weighted by atomic mass is 10.0. The molecule has 0 heterocycles. The van der Waals surface area contributed by atoms with E-state index in [-0.39, 0.29) is 11.3 Å². The number of nitrogens with two attached hydrogens (primary N) is 1. The van der Waals surface area contributed by atoms with Crippen LogP contribution in [-0.2, 0) is 0 Å². The molecule has 7 heteroatoms. The van der Waals surface area contributed by atoms with Gasteiger partial charge in [-0.05, 0) is 18.2 Å². The highest BCUT2D eigenvalue weighted by molar-refractivity contribution is 5.31. The summed E-state index contributed by atoms with van der Waals surface area (Å²) in [6.07, 6.45) is -7.08. The average Bonchev–Trinajstić information content (AvgIpc) is 2.28. The van der Waals surface area contributed by atoms with Crippen molar-refractivity contribution in [2.24, 2.45) is 5.73 Å². The Morgan fingerprint density at radius 1 is 1.39 bits per heavy atom. The van der Waals surface area contributed by atoms with Gasteiger partial charge < -0.3 is 15.6 Å². The fourth-order valence-electron chi connectivity index (χ4n) is 1.41. The molecule has 0 saturated heterocycles. The van der Waals surface area contributed by atoms with E-state index >= 15 is 0 Å². The second-order valence-electron chi connectivity index (χ2n) is 3.79. The average molecular weight is 267 g/mol. The quantitative estimate of drug-likeness (QED) is 0.822. The third kappa shape index (κ3) is 3.58. The van der Waals surface area contributed by atoms with Crippen molar-refractivity contribution in [3.63, 3.8) is 0 Å². The lowest BCUT2D eigenvalue weighted by Crippen LogP contribution is -2.38. The predicted octanol–water partition coefficient (Wildman–Crippen LogP) is 2.15. The van der Waals surface area contributed by atoms with Gasteiger partial charge in [-0.1, -0.05) is 0 Å². The molecule has 3 N–H and O–H groups in total. The summed E-state index contributed by atoms with van der Waals surface area (Å²) in [5, 5.41) is 9.58. The van der Waals surface area contributed by atoms with Crippen LogP contribution in [0.1, 0.15) is 18.1 Å². The molecule has 0 aliphatic carbocycles. The molecular formula is C11H13F4NO2. The second kappa shape index (κ2) is 5.53. The van der Waals surface area contributed by atoms with Crippen molar-refractivity contribution in [1.29, 1.82) is 0 Å². The number of aliphatic hydroxyl groups is 1. The number of aliphatic hydroxyl groups excluding tert-OH is 1. The molecule has 0 aromatic heterocycles. The summed E-state index contributed by atoms with van der Waals surface area (Å²) in [4.78, 5) is 0. The minimum Gasteiger partial charge on any atom is -0.497 e. The van der Waals surface area contributed by atoms with Crippen LogP contribution < -0.4 is 10.5 Å². The summed E-state index contributed by atoms with van der Waals surface area (Å²) in [5.41, 5.74) is 4.60. The van der Waals surface area contributed by atoms with Crippen LogP contribution in [0.3, 0.4) is 0 Å². The monoisotopic (exact) mass is 267 g/mol. The van der Waals surface area contributed by atoms with E-state index in [1.807, 2.05) is 0 Å². The molecule has 0 unspecified atom stereocenters. The van der Waals surface area contributed by atoms with Gasteiger partial charge in [0.1, 0.15) is 17.6 Å². The largest absolute Gasteiger partial charge is 0.497 e. The van der Waals surface area contributed by atoms with E-state index in [0.29, 0.717) is 0 Å². The highest BCUT2D eigenvalue weighted by atomic mass is 19.4. The van der Waals surface area contributed by atoms with E-state index in [1.54, 1.807) is 0 Å². The van der Waals surface area contributed by atoms with E-state index in [9.17, 15) is 22.7 Å². The minimum absolute atomic E-state index is 0.242. The van der Waals surface area contributed by atoms with E-state index in [1.165, 1.54) is 13.2 Å². The summed E-state index contributed by atoms with van der Waals surface area (Å²) in [5.74, 6) is -0.566. The number of halogens is 4. The molecular weight excluding hydrogens is 254 g/mol. The molecule has 0 fully saturated rings. The van der Waals surface area contributed by atoms with Crippen LogP contribution in [0.25, 0.3) is 0 Å². The van der Waals surface area contributed by atoms with Gasteiger partial charge in [0.2, 0.25) is 0 Å². The van der Waals surface area contributed by atoms with Crippen LogP contribution >= 0.6 is 0 Å². The highest BCUT2D eigenvalue weighted by Crippen LogP contribution is 2.29. The Morgan fingerprint density at radius 3 is 2.50 bits per heavy atom. The van der Waals surface area contributed by atoms with Crippen molar-refractivity contribution in [3.8, 4) is 5.75 Å². The SMILES string of the molecule is COc1ccc(F)c([C@@H](O)C[C@@H](N)C(F)(F)F)c1. The van der Waals surface area contributed by atoms with Gasteiger partial charge in [0.15, 0.2) is 0 Å². The lowest BCUT2D eigenvalue weighted by Gasteiger charge is -2.19. The first kappa shape index (κ1) is 14.7. The predicted molar refractivity (Wildman–Crippen MR) is 56.6 cm³/mol. The van der Waals surface area contributed by atoms with Crippen LogP contribution in [0, 0.1) is 5.82 Å². The zero-order chi connectivity index (χ0) is 13.9. The first-order valence-corrected chi connectivity index (χ1v) is 5.09. The smallest absolute Gasteiger partial charge is 0.403 e. The standard InChI is InChI=1S/C11H13F4NO2/c1-18-6-2-3-8(12)7(4-6)9(17)5-10(16)11(13,14)15/h2-4,9-10,17H,5,16H2,1H3/t9-,10+/m0/s1. The van der Waals surface area contributed by atoms with Gasteiger partial charge in [0.25, 0.3) is 0 Å². The molecule has 0 aliphatic rings. The van der Waals surface area contributed by atoms with Gasteiger partial charge in [-0.2, -0.15) is 13.2 Å². The molecule has 0 aliphatic heterocycles. The maximum Gasteiger partial charge on any atom is 0.403 e. The zero-order valence-corrected chi connectivity index (χ0v) is 9.54. The van der Waals surface area contributed by atoms with E-state index in [0.717, 1.165) is 12.1 Å². The first-order valence-electron chi connectivity index (χ1n) is 5.09. The summed E-state index contributed by atoms with van der Waals surface area (Å²) >= 11 is 0. The topological polar surface area (TPSA) is 55.5 Å². The van der Waals surface area contributed by atoms with E-state index in [2.05, 4.69) is 0 Å². The van der Waals surface area contributed by atoms with Crippen LogP contribution in [0.5, 0.6) is 5.75 Å². The molecule has 2 atom stereocenters. The molecule has 102 valence electrons. The number of rotatable bonds is 4. The van der Waals surface area contributed by atoms with Crippen LogP contribution in [0.2, 0.25) is 0 Å². The number of benzene rings is 1. The van der Waals surface area contributed by atoms with Crippen molar-refractivity contribution in [3.05, 3.63) is 29.6 Å². The summed E-state index contributed by atoms with van der Waals surface area (Å²) in [7, 11) is 1.32. The van der Waals surface area contributed by atoms with Gasteiger partial charge >= 0.3 is 6.18 Å². The summed E-state index contributed by atoms with van der Waals surface area (Å²) < 4.78 is 54.8. The van der Waals surface area contributed by atoms with Crippen molar-refractivity contribution in [1.82, 2.24) is 0 Å². The fourth-order valence-corrected chi connectivity index (χ4v) is 1.41. The molecule has 3 nitrogen and oxygen atoms in total. The Kier molecular flexibility index (Phi) is 4.53. The maximum absolute atomic E-state index is 13.4. The number of hydrogen-bond donors (Lipinski definition) is 2. The van der Waals surface area contributed by atoms with Crippen molar-refractivity contribution in [2.45, 2.75) is 24.7 Å². The minimum atomic E-state index is -4.63. The number of methoxy groups -OCH3 is 1. The van der Waals surface area contributed by atoms with Gasteiger partial charge in [0, 0.05) is 12.0 Å². The number of alkyl halides is 3. The maximum atomic E-state index is 13.4. The van der Waals surface area contributed by atoms with E-state index < -0.39 is 30.6 Å². The molecule has 1 rings (SSSR count). The van der Waals surface area contributed by atoms with Crippen molar-refractivity contribution in [2.75, 3.05) is 7.11 Å². The summed E-state index contributed by atoms with van der Waals surface area (Å²) in [6, 6.07) is 1.24. The highest BCUT2D eigenvalue weighted by Gasteiger charge is 2.38. The zero-order valence-electron chi connectivity index (χ0n) is 9.54. The summed E-state index contributed by atoms with van der Waals surface area (Å²) in [6.45, 7) is 0. The van der Waals surface area contributed by atoms with Crippen molar-refractivity contribution < 1.29 is 27.4 Å². The first-order chi connectivity index (χ1) is 8.25. The Balaban J connectivity index is 2.87. The molecule has 0 radical (unpaired) electrons. The molecule has 1 aromatic carbocycles. The fraction of sp³-hybridized carbons (Fsp3) is 0.455. The molecule has 0 spiro atoms. The van der Waals surface area contributed by atoms with Crippen LogP contribution in [0.15, 0.2) is 18.2 Å². The van der Waals surface area contributed by atoms with Gasteiger partial charge in [0.05, 0.1) is 13.2 Å². The second-order valence-corrected chi connectivity index (χ2v) is 3.79. The molecule has 0 amide bonds. The van der Waals surface area contributed by atoms with Crippen LogP contribution in [0.4, 0.5) is 17.6 Å². The molecule has 0 bridgehead atoms. The third-order valence-corrected chi connectivity index (χ3v) is 2.46. The van der Waals surface area contributed by atoms with Gasteiger partial charge in [-0.3, -0.25) is 0 Å². The lowest BCUT2D eigenvalue weighted by molar-refractivity contribution is -0.154. The van der Waals surface area contributed by atoms with E-state index in [4.69, 9.17) is 10.5 Å². The normalized spacial score (nSPS) is 15.3. The third-order valence-electron chi connectivity index (χ3n) is 2.46. The number of hydrogen-bond acceptors (Lipinski definition) is 3. The Hall–Kier alpha value is -1.34. The Labute approximate surface area is 101 Å². The number of ether oxygens (including phenoxy) is 1.